The summed E-state index contributed by atoms with van der Waals surface area (Å²) in [6, 6.07) is 0.165. The first-order valence-corrected chi connectivity index (χ1v) is 7.92. The lowest BCUT2D eigenvalue weighted by atomic mass is 10.1. The molecule has 4 nitrogen and oxygen atoms in total. The largest absolute Gasteiger partial charge is 0.462 e. The lowest BCUT2D eigenvalue weighted by Crippen LogP contribution is -2.24. The van der Waals surface area contributed by atoms with E-state index in [1.165, 1.54) is 10.6 Å². The molecule has 1 unspecified atom stereocenters. The third-order valence-corrected chi connectivity index (χ3v) is 4.32. The Labute approximate surface area is 141 Å². The van der Waals surface area contributed by atoms with E-state index in [0.29, 0.717) is 6.07 Å². The number of allylic oxidation sites excluding steroid dienone is 1. The smallest absolute Gasteiger partial charge is 0.343 e. The highest BCUT2D eigenvalue weighted by molar-refractivity contribution is 5.94. The van der Waals surface area contributed by atoms with Crippen LogP contribution in [0, 0.1) is 23.4 Å². The Hall–Kier alpha value is -2.57. The van der Waals surface area contributed by atoms with E-state index in [1.807, 2.05) is 0 Å². The summed E-state index contributed by atoms with van der Waals surface area (Å²) in [5.74, 6) is -5.38. The second-order valence-electron chi connectivity index (χ2n) is 5.95. The highest BCUT2D eigenvalue weighted by atomic mass is 19.2. The third-order valence-electron chi connectivity index (χ3n) is 4.32. The average molecular weight is 351 g/mol. The first kappa shape index (κ1) is 17.3. The van der Waals surface area contributed by atoms with Gasteiger partial charge in [0.15, 0.2) is 17.5 Å². The monoisotopic (exact) mass is 351 g/mol. The van der Waals surface area contributed by atoms with Crippen LogP contribution in [-0.2, 0) is 4.74 Å². The van der Waals surface area contributed by atoms with Gasteiger partial charge in [0, 0.05) is 6.20 Å². The van der Waals surface area contributed by atoms with E-state index in [9.17, 15) is 22.8 Å². The van der Waals surface area contributed by atoms with E-state index in [2.05, 4.69) is 6.58 Å². The summed E-state index contributed by atoms with van der Waals surface area (Å²) < 4.78 is 48.0. The number of hydrogen-bond donors (Lipinski definition) is 0. The molecule has 7 heteroatoms. The number of benzene rings is 1. The Morgan fingerprint density at radius 1 is 1.40 bits per heavy atom. The van der Waals surface area contributed by atoms with Gasteiger partial charge in [0.1, 0.15) is 5.56 Å². The number of ether oxygens (including phenoxy) is 1. The van der Waals surface area contributed by atoms with Gasteiger partial charge in [-0.2, -0.15) is 0 Å². The molecule has 1 aromatic heterocycles. The standard InChI is InChI=1S/C18H16F3NO3/c1-3-13(9-5-6-9)22-8-11(18(24)25-4-2)17(23)10-7-12(19)14(20)15(21)16(10)22/h3,7-9,13H,1,4-6H2,2H3. The van der Waals surface area contributed by atoms with Crippen LogP contribution in [0.2, 0.25) is 0 Å². The third kappa shape index (κ3) is 2.83. The molecule has 0 bridgehead atoms. The zero-order valence-electron chi connectivity index (χ0n) is 13.5. The molecular weight excluding hydrogens is 335 g/mol. The van der Waals surface area contributed by atoms with Gasteiger partial charge in [0.05, 0.1) is 23.6 Å². The number of halogens is 3. The van der Waals surface area contributed by atoms with Gasteiger partial charge in [-0.1, -0.05) is 6.08 Å². The summed E-state index contributed by atoms with van der Waals surface area (Å²) >= 11 is 0. The van der Waals surface area contributed by atoms with Crippen molar-refractivity contribution in [3.8, 4) is 0 Å². The Kier molecular flexibility index (Phi) is 4.41. The molecule has 1 atom stereocenters. The Morgan fingerprint density at radius 3 is 2.64 bits per heavy atom. The van der Waals surface area contributed by atoms with Gasteiger partial charge in [-0.25, -0.2) is 18.0 Å². The molecule has 132 valence electrons. The van der Waals surface area contributed by atoms with Crippen molar-refractivity contribution >= 4 is 16.9 Å². The lowest BCUT2D eigenvalue weighted by molar-refractivity contribution is 0.0524. The topological polar surface area (TPSA) is 48.3 Å². The van der Waals surface area contributed by atoms with Gasteiger partial charge in [-0.05, 0) is 31.7 Å². The van der Waals surface area contributed by atoms with E-state index in [1.54, 1.807) is 6.92 Å². The van der Waals surface area contributed by atoms with Crippen LogP contribution < -0.4 is 5.43 Å². The van der Waals surface area contributed by atoms with Gasteiger partial charge < -0.3 is 9.30 Å². The van der Waals surface area contributed by atoms with Crippen LogP contribution in [0.4, 0.5) is 13.2 Å². The number of esters is 1. The van der Waals surface area contributed by atoms with E-state index < -0.39 is 40.3 Å². The molecule has 3 rings (SSSR count). The summed E-state index contributed by atoms with van der Waals surface area (Å²) in [5, 5.41) is -0.408. The number of carbonyl (C=O) groups excluding carboxylic acids is 1. The van der Waals surface area contributed by atoms with Crippen molar-refractivity contribution in [2.75, 3.05) is 6.61 Å². The minimum Gasteiger partial charge on any atom is -0.462 e. The number of fused-ring (bicyclic) bond motifs is 1. The molecule has 0 saturated heterocycles. The number of carbonyl (C=O) groups is 1. The molecule has 0 radical (unpaired) electrons. The highest BCUT2D eigenvalue weighted by Gasteiger charge is 2.33. The zero-order chi connectivity index (χ0) is 18.3. The van der Waals surface area contributed by atoms with Crippen molar-refractivity contribution in [1.82, 2.24) is 4.57 Å². The lowest BCUT2D eigenvalue weighted by Gasteiger charge is -2.21. The number of pyridine rings is 1. The molecule has 25 heavy (non-hydrogen) atoms. The summed E-state index contributed by atoms with van der Waals surface area (Å²) in [7, 11) is 0. The van der Waals surface area contributed by atoms with Gasteiger partial charge in [0.25, 0.3) is 0 Å². The number of hydrogen-bond acceptors (Lipinski definition) is 3. The molecule has 0 aliphatic heterocycles. The second kappa shape index (κ2) is 6.38. The van der Waals surface area contributed by atoms with Gasteiger partial charge in [0.2, 0.25) is 5.43 Å². The molecular formula is C18H16F3NO3. The molecule has 0 amide bonds. The molecule has 1 aliphatic rings. The van der Waals surface area contributed by atoms with Crippen molar-refractivity contribution < 1.29 is 22.7 Å². The predicted octanol–water partition coefficient (Wildman–Crippen LogP) is 3.73. The second-order valence-corrected chi connectivity index (χ2v) is 5.95. The van der Waals surface area contributed by atoms with Gasteiger partial charge in [-0.15, -0.1) is 6.58 Å². The van der Waals surface area contributed by atoms with Crippen LogP contribution in [0.5, 0.6) is 0 Å². The number of rotatable bonds is 5. The van der Waals surface area contributed by atoms with Crippen molar-refractivity contribution in [3.63, 3.8) is 0 Å². The van der Waals surface area contributed by atoms with Crippen molar-refractivity contribution in [1.29, 1.82) is 0 Å². The average Bonchev–Trinajstić information content (AvgIpc) is 3.40. The highest BCUT2D eigenvalue weighted by Crippen LogP contribution is 2.41. The zero-order valence-corrected chi connectivity index (χ0v) is 13.5. The maximum atomic E-state index is 14.4. The van der Waals surface area contributed by atoms with Crippen molar-refractivity contribution in [3.05, 3.63) is 58.2 Å². The summed E-state index contributed by atoms with van der Waals surface area (Å²) in [4.78, 5) is 24.6. The normalized spacial score (nSPS) is 15.2. The Morgan fingerprint density at radius 2 is 2.08 bits per heavy atom. The van der Waals surface area contributed by atoms with E-state index in [4.69, 9.17) is 4.74 Å². The first-order chi connectivity index (χ1) is 11.9. The van der Waals surface area contributed by atoms with Crippen LogP contribution in [0.15, 0.2) is 29.7 Å². The SMILES string of the molecule is C=CC(C1CC1)n1cc(C(=O)OCC)c(=O)c2cc(F)c(F)c(F)c21. The first-order valence-electron chi connectivity index (χ1n) is 7.92. The Bertz CT molecular complexity index is 932. The maximum Gasteiger partial charge on any atom is 0.343 e. The fourth-order valence-corrected chi connectivity index (χ4v) is 2.98. The molecule has 0 spiro atoms. The quantitative estimate of drug-likeness (QED) is 0.468. The van der Waals surface area contributed by atoms with Crippen LogP contribution in [0.3, 0.4) is 0 Å². The minimum absolute atomic E-state index is 0.0377. The molecule has 2 aromatic rings. The number of aromatic nitrogens is 1. The molecule has 0 N–H and O–H groups in total. The fraction of sp³-hybridized carbons (Fsp3) is 0.333. The van der Waals surface area contributed by atoms with Crippen LogP contribution >= 0.6 is 0 Å². The van der Waals surface area contributed by atoms with Crippen molar-refractivity contribution in [2.24, 2.45) is 5.92 Å². The van der Waals surface area contributed by atoms with Crippen LogP contribution in [-0.4, -0.2) is 17.1 Å². The van der Waals surface area contributed by atoms with Gasteiger partial charge >= 0.3 is 5.97 Å². The molecule has 1 aromatic carbocycles. The molecule has 1 aliphatic carbocycles. The van der Waals surface area contributed by atoms with Crippen molar-refractivity contribution in [2.45, 2.75) is 25.8 Å². The predicted molar refractivity (Wildman–Crippen MR) is 86.0 cm³/mol. The van der Waals surface area contributed by atoms with Gasteiger partial charge in [-0.3, -0.25) is 4.79 Å². The van der Waals surface area contributed by atoms with E-state index in [0.717, 1.165) is 19.0 Å². The van der Waals surface area contributed by atoms with Crippen LogP contribution in [0.25, 0.3) is 10.9 Å². The summed E-state index contributed by atoms with van der Waals surface area (Å²) in [6.45, 7) is 5.31. The summed E-state index contributed by atoms with van der Waals surface area (Å²) in [6.07, 6.45) is 4.39. The molecule has 1 fully saturated rings. The number of nitrogens with zero attached hydrogens (tertiary/aromatic N) is 1. The fourth-order valence-electron chi connectivity index (χ4n) is 2.98. The molecule has 1 heterocycles. The maximum absolute atomic E-state index is 14.4. The minimum atomic E-state index is -1.66. The van der Waals surface area contributed by atoms with Crippen LogP contribution in [0.1, 0.15) is 36.2 Å². The summed E-state index contributed by atoms with van der Waals surface area (Å²) in [5.41, 5.74) is -1.64. The van der Waals surface area contributed by atoms with E-state index >= 15 is 0 Å². The van der Waals surface area contributed by atoms with E-state index in [-0.39, 0.29) is 23.6 Å². The Balaban J connectivity index is 2.40. The molecule has 1 saturated carbocycles.